The summed E-state index contributed by atoms with van der Waals surface area (Å²) in [5.41, 5.74) is 0.819. The van der Waals surface area contributed by atoms with Crippen LogP contribution in [0.15, 0.2) is 24.7 Å². The largest absolute Gasteiger partial charge is 0.347 e. The fourth-order valence-corrected chi connectivity index (χ4v) is 2.97. The topological polar surface area (TPSA) is 70.1 Å². The highest BCUT2D eigenvalue weighted by Crippen LogP contribution is 2.22. The second kappa shape index (κ2) is 6.31. The van der Waals surface area contributed by atoms with Crippen molar-refractivity contribution in [1.29, 1.82) is 0 Å². The number of carbonyl (C=O) groups excluding carboxylic acids is 1. The van der Waals surface area contributed by atoms with Gasteiger partial charge >= 0.3 is 0 Å². The highest BCUT2D eigenvalue weighted by atomic mass is 16.2. The van der Waals surface area contributed by atoms with Crippen molar-refractivity contribution in [2.45, 2.75) is 19.4 Å². The first-order chi connectivity index (χ1) is 10.7. The molecule has 3 heterocycles. The van der Waals surface area contributed by atoms with Crippen molar-refractivity contribution in [3.63, 3.8) is 0 Å². The molecule has 1 amide bonds. The van der Waals surface area contributed by atoms with Gasteiger partial charge in [-0.15, -0.1) is 0 Å². The standard InChI is InChI=1S/C15H22N6O/c1-3-20-8-9-21(11-13(20)15-16-5-6-17-15)14(22)10-12-4-7-19(2)18-12/h4-7,13H,3,8-11H2,1-2H3,(H,16,17)/t13-/m0/s1. The van der Waals surface area contributed by atoms with Crippen LogP contribution in [0.1, 0.15) is 24.5 Å². The van der Waals surface area contributed by atoms with E-state index >= 15 is 0 Å². The van der Waals surface area contributed by atoms with Crippen LogP contribution in [0.5, 0.6) is 0 Å². The lowest BCUT2D eigenvalue weighted by atomic mass is 10.1. The third kappa shape index (κ3) is 3.04. The molecule has 0 unspecified atom stereocenters. The number of nitrogens with zero attached hydrogens (tertiary/aromatic N) is 5. The number of likely N-dealkylation sites (N-methyl/N-ethyl adjacent to an activating group) is 1. The van der Waals surface area contributed by atoms with Crippen LogP contribution in [0.4, 0.5) is 0 Å². The number of rotatable bonds is 4. The first kappa shape index (κ1) is 14.8. The van der Waals surface area contributed by atoms with Gasteiger partial charge in [0.25, 0.3) is 0 Å². The Balaban J connectivity index is 1.68. The van der Waals surface area contributed by atoms with Crippen molar-refractivity contribution in [2.24, 2.45) is 7.05 Å². The van der Waals surface area contributed by atoms with Gasteiger partial charge in [-0.1, -0.05) is 6.92 Å². The van der Waals surface area contributed by atoms with Gasteiger partial charge < -0.3 is 9.88 Å². The molecule has 0 saturated carbocycles. The Hall–Kier alpha value is -2.15. The summed E-state index contributed by atoms with van der Waals surface area (Å²) < 4.78 is 1.73. The van der Waals surface area contributed by atoms with Crippen molar-refractivity contribution >= 4 is 5.91 Å². The van der Waals surface area contributed by atoms with E-state index in [4.69, 9.17) is 0 Å². The average molecular weight is 302 g/mol. The Morgan fingerprint density at radius 2 is 2.32 bits per heavy atom. The minimum Gasteiger partial charge on any atom is -0.347 e. The molecular weight excluding hydrogens is 280 g/mol. The van der Waals surface area contributed by atoms with Crippen molar-refractivity contribution < 1.29 is 4.79 Å². The minimum absolute atomic E-state index is 0.131. The first-order valence-corrected chi connectivity index (χ1v) is 7.67. The van der Waals surface area contributed by atoms with E-state index in [0.717, 1.165) is 31.2 Å². The van der Waals surface area contributed by atoms with Crippen molar-refractivity contribution in [3.05, 3.63) is 36.2 Å². The maximum atomic E-state index is 12.5. The number of aromatic nitrogens is 4. The number of piperazine rings is 1. The molecule has 0 aromatic carbocycles. The number of hydrogen-bond acceptors (Lipinski definition) is 4. The maximum Gasteiger partial charge on any atom is 0.228 e. The van der Waals surface area contributed by atoms with E-state index in [-0.39, 0.29) is 11.9 Å². The van der Waals surface area contributed by atoms with E-state index in [0.29, 0.717) is 13.0 Å². The lowest BCUT2D eigenvalue weighted by molar-refractivity contribution is -0.133. The first-order valence-electron chi connectivity index (χ1n) is 7.67. The number of nitrogens with one attached hydrogen (secondary N) is 1. The molecule has 0 bridgehead atoms. The fourth-order valence-electron chi connectivity index (χ4n) is 2.97. The third-order valence-electron chi connectivity index (χ3n) is 4.19. The van der Waals surface area contributed by atoms with Gasteiger partial charge in [0.1, 0.15) is 5.82 Å². The quantitative estimate of drug-likeness (QED) is 0.897. The summed E-state index contributed by atoms with van der Waals surface area (Å²) in [6, 6.07) is 2.03. The zero-order valence-electron chi connectivity index (χ0n) is 13.1. The molecule has 1 fully saturated rings. The maximum absolute atomic E-state index is 12.5. The van der Waals surface area contributed by atoms with Gasteiger partial charge in [0.15, 0.2) is 0 Å². The van der Waals surface area contributed by atoms with Gasteiger partial charge in [-0.3, -0.25) is 14.4 Å². The number of hydrogen-bond donors (Lipinski definition) is 1. The van der Waals surface area contributed by atoms with Crippen LogP contribution in [0.2, 0.25) is 0 Å². The predicted octanol–water partition coefficient (Wildman–Crippen LogP) is 0.591. The molecule has 0 aliphatic carbocycles. The van der Waals surface area contributed by atoms with E-state index in [1.165, 1.54) is 0 Å². The second-order valence-corrected chi connectivity index (χ2v) is 5.62. The molecule has 2 aromatic heterocycles. The monoisotopic (exact) mass is 302 g/mol. The number of aromatic amines is 1. The van der Waals surface area contributed by atoms with Crippen LogP contribution in [-0.4, -0.2) is 61.6 Å². The Bertz CT molecular complexity index is 620. The second-order valence-electron chi connectivity index (χ2n) is 5.62. The van der Waals surface area contributed by atoms with E-state index in [1.54, 1.807) is 10.9 Å². The van der Waals surface area contributed by atoms with Crippen LogP contribution >= 0.6 is 0 Å². The van der Waals surface area contributed by atoms with Gasteiger partial charge in [0.2, 0.25) is 5.91 Å². The van der Waals surface area contributed by atoms with Crippen molar-refractivity contribution in [3.8, 4) is 0 Å². The summed E-state index contributed by atoms with van der Waals surface area (Å²) in [5.74, 6) is 1.06. The zero-order chi connectivity index (χ0) is 15.5. The SMILES string of the molecule is CCN1CCN(C(=O)Cc2ccn(C)n2)C[C@H]1c1ncc[nH]1. The van der Waals surface area contributed by atoms with Gasteiger partial charge in [-0.05, 0) is 12.6 Å². The summed E-state index contributed by atoms with van der Waals surface area (Å²) in [6.45, 7) is 5.40. The molecular formula is C15H22N6O. The van der Waals surface area contributed by atoms with Crippen LogP contribution < -0.4 is 0 Å². The number of aryl methyl sites for hydroxylation is 1. The van der Waals surface area contributed by atoms with Gasteiger partial charge in [-0.25, -0.2) is 4.98 Å². The van der Waals surface area contributed by atoms with Gasteiger partial charge in [0, 0.05) is 45.3 Å². The van der Waals surface area contributed by atoms with Crippen molar-refractivity contribution in [1.82, 2.24) is 29.5 Å². The lowest BCUT2D eigenvalue weighted by Crippen LogP contribution is -2.51. The molecule has 7 nitrogen and oxygen atoms in total. The van der Waals surface area contributed by atoms with Crippen LogP contribution in [-0.2, 0) is 18.3 Å². The van der Waals surface area contributed by atoms with E-state index in [2.05, 4.69) is 26.9 Å². The molecule has 1 aliphatic heterocycles. The summed E-state index contributed by atoms with van der Waals surface area (Å²) in [6.07, 6.45) is 5.82. The molecule has 0 spiro atoms. The molecule has 2 aromatic rings. The minimum atomic E-state index is 0.131. The molecule has 1 N–H and O–H groups in total. The highest BCUT2D eigenvalue weighted by Gasteiger charge is 2.31. The predicted molar refractivity (Wildman–Crippen MR) is 82.1 cm³/mol. The van der Waals surface area contributed by atoms with Gasteiger partial charge in [0.05, 0.1) is 18.2 Å². The van der Waals surface area contributed by atoms with Crippen LogP contribution in [0.25, 0.3) is 0 Å². The van der Waals surface area contributed by atoms with E-state index in [9.17, 15) is 4.79 Å². The highest BCUT2D eigenvalue weighted by molar-refractivity contribution is 5.78. The van der Waals surface area contributed by atoms with E-state index < -0.39 is 0 Å². The summed E-state index contributed by atoms with van der Waals surface area (Å²) in [4.78, 5) is 24.3. The Morgan fingerprint density at radius 1 is 1.45 bits per heavy atom. The normalized spacial score (nSPS) is 19.5. The van der Waals surface area contributed by atoms with E-state index in [1.807, 2.05) is 30.4 Å². The number of amides is 1. The molecule has 1 atom stereocenters. The Morgan fingerprint density at radius 3 is 2.95 bits per heavy atom. The summed E-state index contributed by atoms with van der Waals surface area (Å²) in [5, 5.41) is 4.29. The zero-order valence-corrected chi connectivity index (χ0v) is 13.1. The van der Waals surface area contributed by atoms with Crippen molar-refractivity contribution in [2.75, 3.05) is 26.2 Å². The lowest BCUT2D eigenvalue weighted by Gasteiger charge is -2.40. The third-order valence-corrected chi connectivity index (χ3v) is 4.19. The smallest absolute Gasteiger partial charge is 0.228 e. The van der Waals surface area contributed by atoms with Crippen LogP contribution in [0.3, 0.4) is 0 Å². The van der Waals surface area contributed by atoms with Gasteiger partial charge in [-0.2, -0.15) is 5.10 Å². The number of H-pyrrole nitrogens is 1. The molecule has 1 aliphatic rings. The average Bonchev–Trinajstić information content (AvgIpc) is 3.18. The fraction of sp³-hybridized carbons (Fsp3) is 0.533. The molecule has 0 radical (unpaired) electrons. The molecule has 1 saturated heterocycles. The number of imidazole rings is 1. The molecule has 22 heavy (non-hydrogen) atoms. The Kier molecular flexibility index (Phi) is 4.24. The van der Waals surface area contributed by atoms with Crippen LogP contribution in [0, 0.1) is 0 Å². The number of carbonyl (C=O) groups is 1. The Labute approximate surface area is 129 Å². The molecule has 3 rings (SSSR count). The summed E-state index contributed by atoms with van der Waals surface area (Å²) >= 11 is 0. The summed E-state index contributed by atoms with van der Waals surface area (Å²) in [7, 11) is 1.86. The molecule has 118 valence electrons. The molecule has 7 heteroatoms.